The van der Waals surface area contributed by atoms with Crippen LogP contribution in [0.4, 0.5) is 4.39 Å². The van der Waals surface area contributed by atoms with Crippen LogP contribution in [0.25, 0.3) is 10.9 Å². The molecule has 0 spiro atoms. The van der Waals surface area contributed by atoms with Crippen LogP contribution in [-0.2, 0) is 9.53 Å². The number of fused-ring (bicyclic) bond motifs is 2. The van der Waals surface area contributed by atoms with Crippen molar-refractivity contribution < 1.29 is 13.9 Å². The molecule has 1 aromatic heterocycles. The Morgan fingerprint density at radius 2 is 1.96 bits per heavy atom. The summed E-state index contributed by atoms with van der Waals surface area (Å²) in [7, 11) is 0. The number of benzene rings is 1. The van der Waals surface area contributed by atoms with E-state index in [1.165, 1.54) is 11.6 Å². The maximum atomic E-state index is 13.7. The molecule has 1 aromatic carbocycles. The van der Waals surface area contributed by atoms with Crippen LogP contribution in [0.5, 0.6) is 0 Å². The molecule has 5 atom stereocenters. The first kappa shape index (κ1) is 17.4. The third kappa shape index (κ3) is 3.10. The molecule has 4 rings (SSSR count). The van der Waals surface area contributed by atoms with Gasteiger partial charge in [-0.1, -0.05) is 6.92 Å². The van der Waals surface area contributed by atoms with Gasteiger partial charge in [-0.2, -0.15) is 0 Å². The smallest absolute Gasteiger partial charge is 0.308 e. The highest BCUT2D eigenvalue weighted by atomic mass is 19.1. The fourth-order valence-corrected chi connectivity index (χ4v) is 5.29. The van der Waals surface area contributed by atoms with Crippen molar-refractivity contribution in [1.29, 1.82) is 0 Å². The van der Waals surface area contributed by atoms with Gasteiger partial charge >= 0.3 is 5.97 Å². The number of pyridine rings is 1. The number of aromatic nitrogens is 1. The Kier molecular flexibility index (Phi) is 4.68. The Balaban J connectivity index is 1.49. The van der Waals surface area contributed by atoms with Crippen molar-refractivity contribution in [2.24, 2.45) is 23.7 Å². The highest BCUT2D eigenvalue weighted by Crippen LogP contribution is 2.54. The molecule has 0 amide bonds. The Labute approximate surface area is 154 Å². The summed E-state index contributed by atoms with van der Waals surface area (Å²) >= 11 is 0. The fourth-order valence-electron chi connectivity index (χ4n) is 5.29. The number of hydrogen-bond donors (Lipinski definition) is 0. The number of carbonyl (C=O) groups is 1. The lowest BCUT2D eigenvalue weighted by Crippen LogP contribution is -2.22. The van der Waals surface area contributed by atoms with E-state index in [9.17, 15) is 9.18 Å². The minimum atomic E-state index is -0.201. The van der Waals surface area contributed by atoms with Crippen molar-refractivity contribution in [2.45, 2.75) is 45.4 Å². The molecule has 3 nitrogen and oxygen atoms in total. The number of hydrogen-bond acceptors (Lipinski definition) is 3. The van der Waals surface area contributed by atoms with Crippen molar-refractivity contribution in [2.75, 3.05) is 6.61 Å². The topological polar surface area (TPSA) is 39.2 Å². The van der Waals surface area contributed by atoms with Crippen LogP contribution < -0.4 is 0 Å². The summed E-state index contributed by atoms with van der Waals surface area (Å²) in [6, 6.07) is 6.93. The first-order valence-corrected chi connectivity index (χ1v) is 9.77. The number of halogens is 1. The lowest BCUT2D eigenvalue weighted by molar-refractivity contribution is -0.149. The minimum Gasteiger partial charge on any atom is -0.466 e. The summed E-state index contributed by atoms with van der Waals surface area (Å²) < 4.78 is 18.9. The van der Waals surface area contributed by atoms with Crippen molar-refractivity contribution in [1.82, 2.24) is 4.98 Å². The second kappa shape index (κ2) is 6.98. The number of carbonyl (C=O) groups excluding carboxylic acids is 1. The van der Waals surface area contributed by atoms with Crippen LogP contribution in [0.1, 0.15) is 51.0 Å². The molecule has 2 fully saturated rings. The Bertz CT molecular complexity index is 807. The molecule has 26 heavy (non-hydrogen) atoms. The van der Waals surface area contributed by atoms with E-state index in [1.807, 2.05) is 20.0 Å². The number of esters is 1. The van der Waals surface area contributed by atoms with E-state index < -0.39 is 0 Å². The molecule has 2 saturated carbocycles. The largest absolute Gasteiger partial charge is 0.466 e. The summed E-state index contributed by atoms with van der Waals surface area (Å²) in [5.74, 6) is 1.98. The second-order valence-electron chi connectivity index (χ2n) is 8.02. The van der Waals surface area contributed by atoms with E-state index in [1.54, 1.807) is 12.1 Å². The lowest BCUT2D eigenvalue weighted by Gasteiger charge is -2.20. The highest BCUT2D eigenvalue weighted by Gasteiger charge is 2.45. The van der Waals surface area contributed by atoms with Crippen LogP contribution >= 0.6 is 0 Å². The van der Waals surface area contributed by atoms with Crippen LogP contribution in [0, 0.1) is 29.5 Å². The zero-order chi connectivity index (χ0) is 18.3. The summed E-state index contributed by atoms with van der Waals surface area (Å²) in [5, 5.41) is 0.953. The summed E-state index contributed by atoms with van der Waals surface area (Å²) in [5.41, 5.74) is 2.11. The number of rotatable bonds is 4. The van der Waals surface area contributed by atoms with Crippen LogP contribution in [0.15, 0.2) is 30.5 Å². The normalized spacial score (nSPS) is 28.9. The maximum Gasteiger partial charge on any atom is 0.308 e. The highest BCUT2D eigenvalue weighted by molar-refractivity contribution is 5.82. The quantitative estimate of drug-likeness (QED) is 0.717. The molecule has 3 unspecified atom stereocenters. The summed E-state index contributed by atoms with van der Waals surface area (Å²) in [6.45, 7) is 4.33. The third-order valence-electron chi connectivity index (χ3n) is 6.59. The van der Waals surface area contributed by atoms with Gasteiger partial charge < -0.3 is 4.74 Å². The Morgan fingerprint density at radius 1 is 1.23 bits per heavy atom. The zero-order valence-corrected chi connectivity index (χ0v) is 15.5. The van der Waals surface area contributed by atoms with Gasteiger partial charge in [0.2, 0.25) is 0 Å². The average molecular weight is 355 g/mol. The van der Waals surface area contributed by atoms with Crippen LogP contribution in [0.2, 0.25) is 0 Å². The van der Waals surface area contributed by atoms with Gasteiger partial charge in [0.25, 0.3) is 0 Å². The molecule has 1 heterocycles. The van der Waals surface area contributed by atoms with E-state index in [0.717, 1.165) is 36.6 Å². The first-order chi connectivity index (χ1) is 12.6. The summed E-state index contributed by atoms with van der Waals surface area (Å²) in [4.78, 5) is 16.4. The van der Waals surface area contributed by atoms with Crippen LogP contribution in [-0.4, -0.2) is 17.6 Å². The lowest BCUT2D eigenvalue weighted by atomic mass is 9.86. The third-order valence-corrected chi connectivity index (χ3v) is 6.59. The predicted molar refractivity (Wildman–Crippen MR) is 99.2 cm³/mol. The van der Waals surface area contributed by atoms with E-state index in [2.05, 4.69) is 11.1 Å². The van der Waals surface area contributed by atoms with Crippen molar-refractivity contribution in [3.63, 3.8) is 0 Å². The molecule has 0 aliphatic heterocycles. The van der Waals surface area contributed by atoms with E-state index >= 15 is 0 Å². The van der Waals surface area contributed by atoms with Gasteiger partial charge in [0.1, 0.15) is 5.82 Å². The van der Waals surface area contributed by atoms with Crippen molar-refractivity contribution in [3.05, 3.63) is 41.8 Å². The molecule has 2 aliphatic carbocycles. The predicted octanol–water partition coefficient (Wildman–Crippen LogP) is 5.09. The van der Waals surface area contributed by atoms with Gasteiger partial charge in [0.15, 0.2) is 0 Å². The SMILES string of the molecule is CCOC(=O)C(C)C1C[C@H]2CC(c3ccnc4ccc(F)cc34)C[C@H]2C1. The Morgan fingerprint density at radius 3 is 2.65 bits per heavy atom. The van der Waals surface area contributed by atoms with Gasteiger partial charge in [-0.05, 0) is 86.1 Å². The molecule has 2 aromatic rings. The van der Waals surface area contributed by atoms with Crippen molar-refractivity contribution in [3.8, 4) is 0 Å². The monoisotopic (exact) mass is 355 g/mol. The fraction of sp³-hybridized carbons (Fsp3) is 0.545. The molecule has 2 aliphatic rings. The molecule has 4 heteroatoms. The van der Waals surface area contributed by atoms with E-state index in [-0.39, 0.29) is 17.7 Å². The van der Waals surface area contributed by atoms with Gasteiger partial charge in [0, 0.05) is 11.6 Å². The molecular weight excluding hydrogens is 329 g/mol. The average Bonchev–Trinajstić information content (AvgIpc) is 3.19. The minimum absolute atomic E-state index is 0.00477. The molecule has 0 N–H and O–H groups in total. The molecule has 0 radical (unpaired) electrons. The van der Waals surface area contributed by atoms with Gasteiger partial charge in [0.05, 0.1) is 18.0 Å². The Hall–Kier alpha value is -1.97. The van der Waals surface area contributed by atoms with Crippen LogP contribution in [0.3, 0.4) is 0 Å². The number of ether oxygens (including phenoxy) is 1. The second-order valence-corrected chi connectivity index (χ2v) is 8.02. The molecular formula is C22H26FNO2. The maximum absolute atomic E-state index is 13.7. The molecule has 0 saturated heterocycles. The first-order valence-electron chi connectivity index (χ1n) is 9.77. The van der Waals surface area contributed by atoms with Crippen molar-refractivity contribution >= 4 is 16.9 Å². The summed E-state index contributed by atoms with van der Waals surface area (Å²) in [6.07, 6.45) is 6.32. The van der Waals surface area contributed by atoms with Gasteiger partial charge in [-0.3, -0.25) is 9.78 Å². The van der Waals surface area contributed by atoms with E-state index in [0.29, 0.717) is 30.3 Å². The van der Waals surface area contributed by atoms with Gasteiger partial charge in [-0.25, -0.2) is 4.39 Å². The van der Waals surface area contributed by atoms with Gasteiger partial charge in [-0.15, -0.1) is 0 Å². The number of nitrogens with zero attached hydrogens (tertiary/aromatic N) is 1. The van der Waals surface area contributed by atoms with E-state index in [4.69, 9.17) is 4.74 Å². The standard InChI is InChI=1S/C22H26FNO2/c1-3-26-22(25)13(2)14-8-15-10-17(11-16(15)9-14)19-6-7-24-21-5-4-18(23)12-20(19)21/h4-7,12-17H,3,8-11H2,1-2H3/t13?,14?,15-,16+,17?. The molecule has 138 valence electrons. The molecule has 0 bridgehead atoms. The zero-order valence-electron chi connectivity index (χ0n) is 15.5.